The maximum absolute atomic E-state index is 12.8. The Balaban J connectivity index is 1.45. The summed E-state index contributed by atoms with van der Waals surface area (Å²) >= 11 is 0. The lowest BCUT2D eigenvalue weighted by Gasteiger charge is -2.35. The molecular formula is C23H26N2O5. The molecule has 0 spiro atoms. The van der Waals surface area contributed by atoms with Crippen molar-refractivity contribution in [3.05, 3.63) is 65.2 Å². The second kappa shape index (κ2) is 9.28. The van der Waals surface area contributed by atoms with Gasteiger partial charge in [-0.15, -0.1) is 0 Å². The van der Waals surface area contributed by atoms with E-state index in [1.54, 1.807) is 19.2 Å². The zero-order valence-corrected chi connectivity index (χ0v) is 17.0. The smallest absolute Gasteiger partial charge is 0.339 e. The van der Waals surface area contributed by atoms with Crippen molar-refractivity contribution in [1.29, 1.82) is 0 Å². The maximum atomic E-state index is 12.8. The number of amides is 1. The number of methoxy groups -OCH3 is 1. The number of cyclic esters (lactones) is 1. The van der Waals surface area contributed by atoms with Crippen LogP contribution in [0.3, 0.4) is 0 Å². The summed E-state index contributed by atoms with van der Waals surface area (Å²) in [5.74, 6) is 0.0674. The Hall–Kier alpha value is -2.90. The summed E-state index contributed by atoms with van der Waals surface area (Å²) < 4.78 is 16.1. The fourth-order valence-corrected chi connectivity index (χ4v) is 3.96. The largest absolute Gasteiger partial charge is 0.497 e. The number of carbonyl (C=O) groups excluding carboxylic acids is 2. The van der Waals surface area contributed by atoms with Crippen LogP contribution in [0.5, 0.6) is 5.75 Å². The standard InChI is InChI=1S/C23H26N2O5/c1-28-18-8-6-16(7-9-18)20(25-10-12-29-13-11-25)15-24-22(26)21-14-17-4-2-3-5-19(17)23(27)30-21/h2-9,20-21H,10-15H2,1H3,(H,24,26). The van der Waals surface area contributed by atoms with Gasteiger partial charge in [-0.1, -0.05) is 30.3 Å². The van der Waals surface area contributed by atoms with Gasteiger partial charge in [0.15, 0.2) is 6.10 Å². The Labute approximate surface area is 175 Å². The number of benzene rings is 2. The molecule has 7 nitrogen and oxygen atoms in total. The summed E-state index contributed by atoms with van der Waals surface area (Å²) in [6, 6.07) is 15.1. The number of nitrogens with one attached hydrogen (secondary N) is 1. The van der Waals surface area contributed by atoms with Crippen LogP contribution in [0.2, 0.25) is 0 Å². The Morgan fingerprint density at radius 3 is 2.63 bits per heavy atom. The number of rotatable bonds is 6. The molecule has 158 valence electrons. The molecule has 1 fully saturated rings. The summed E-state index contributed by atoms with van der Waals surface area (Å²) in [6.45, 7) is 3.33. The first-order chi connectivity index (χ1) is 14.7. The molecule has 1 amide bonds. The number of esters is 1. The molecule has 2 aromatic rings. The highest BCUT2D eigenvalue weighted by Crippen LogP contribution is 2.24. The lowest BCUT2D eigenvalue weighted by Crippen LogP contribution is -2.47. The van der Waals surface area contributed by atoms with Gasteiger partial charge in [0.2, 0.25) is 0 Å². The average molecular weight is 410 g/mol. The van der Waals surface area contributed by atoms with Crippen molar-refractivity contribution in [1.82, 2.24) is 10.2 Å². The molecule has 4 rings (SSSR count). The number of carbonyl (C=O) groups is 2. The molecular weight excluding hydrogens is 384 g/mol. The van der Waals surface area contributed by atoms with Crippen LogP contribution in [-0.4, -0.2) is 62.8 Å². The van der Waals surface area contributed by atoms with E-state index in [9.17, 15) is 9.59 Å². The minimum atomic E-state index is -0.811. The minimum absolute atomic E-state index is 0.00432. The summed E-state index contributed by atoms with van der Waals surface area (Å²) in [6.07, 6.45) is -0.424. The fraction of sp³-hybridized carbons (Fsp3) is 0.391. The monoisotopic (exact) mass is 410 g/mol. The van der Waals surface area contributed by atoms with Gasteiger partial charge in [-0.2, -0.15) is 0 Å². The van der Waals surface area contributed by atoms with Crippen LogP contribution in [0, 0.1) is 0 Å². The summed E-state index contributed by atoms with van der Waals surface area (Å²) in [5.41, 5.74) is 2.46. The second-order valence-electron chi connectivity index (χ2n) is 7.44. The van der Waals surface area contributed by atoms with Crippen molar-refractivity contribution < 1.29 is 23.8 Å². The third-order valence-electron chi connectivity index (χ3n) is 5.64. The van der Waals surface area contributed by atoms with E-state index in [4.69, 9.17) is 14.2 Å². The van der Waals surface area contributed by atoms with E-state index in [0.29, 0.717) is 31.7 Å². The number of morpholine rings is 1. The van der Waals surface area contributed by atoms with Gasteiger partial charge < -0.3 is 19.5 Å². The Kier molecular flexibility index (Phi) is 6.30. The molecule has 7 heteroatoms. The number of fused-ring (bicyclic) bond motifs is 1. The maximum Gasteiger partial charge on any atom is 0.339 e. The number of nitrogens with zero attached hydrogens (tertiary/aromatic N) is 1. The summed E-state index contributed by atoms with van der Waals surface area (Å²) in [7, 11) is 1.64. The van der Waals surface area contributed by atoms with Gasteiger partial charge in [0.25, 0.3) is 5.91 Å². The first kappa shape index (κ1) is 20.4. The zero-order chi connectivity index (χ0) is 20.9. The molecule has 2 aromatic carbocycles. The molecule has 2 aliphatic rings. The molecule has 2 aliphatic heterocycles. The highest BCUT2D eigenvalue weighted by molar-refractivity contribution is 5.95. The molecule has 0 bridgehead atoms. The van der Waals surface area contributed by atoms with Crippen LogP contribution >= 0.6 is 0 Å². The summed E-state index contributed by atoms with van der Waals surface area (Å²) in [5, 5.41) is 3.00. The van der Waals surface area contributed by atoms with E-state index in [1.807, 2.05) is 36.4 Å². The SMILES string of the molecule is COc1ccc(C(CNC(=O)C2Cc3ccccc3C(=O)O2)N2CCOCC2)cc1. The third kappa shape index (κ3) is 4.47. The molecule has 2 atom stereocenters. The van der Waals surface area contributed by atoms with Crippen LogP contribution in [0.1, 0.15) is 27.5 Å². The van der Waals surface area contributed by atoms with Crippen LogP contribution in [0.15, 0.2) is 48.5 Å². The van der Waals surface area contributed by atoms with Crippen molar-refractivity contribution in [2.24, 2.45) is 0 Å². The molecule has 0 aromatic heterocycles. The van der Waals surface area contributed by atoms with Crippen molar-refractivity contribution in [2.45, 2.75) is 18.6 Å². The zero-order valence-electron chi connectivity index (χ0n) is 17.0. The average Bonchev–Trinajstić information content (AvgIpc) is 2.80. The fourth-order valence-electron chi connectivity index (χ4n) is 3.96. The molecule has 2 heterocycles. The van der Waals surface area contributed by atoms with Crippen molar-refractivity contribution in [3.63, 3.8) is 0 Å². The number of ether oxygens (including phenoxy) is 3. The van der Waals surface area contributed by atoms with E-state index in [0.717, 1.165) is 30.0 Å². The van der Waals surface area contributed by atoms with Crippen LogP contribution in [0.25, 0.3) is 0 Å². The quantitative estimate of drug-likeness (QED) is 0.734. The normalized spacial score (nSPS) is 20.0. The highest BCUT2D eigenvalue weighted by atomic mass is 16.5. The molecule has 0 saturated carbocycles. The lowest BCUT2D eigenvalue weighted by atomic mass is 9.98. The predicted octanol–water partition coefficient (Wildman–Crippen LogP) is 1.97. The van der Waals surface area contributed by atoms with Gasteiger partial charge in [0.05, 0.1) is 31.9 Å². The van der Waals surface area contributed by atoms with Crippen molar-refractivity contribution >= 4 is 11.9 Å². The van der Waals surface area contributed by atoms with Gasteiger partial charge in [-0.25, -0.2) is 4.79 Å². The highest BCUT2D eigenvalue weighted by Gasteiger charge is 2.32. The Morgan fingerprint density at radius 2 is 1.90 bits per heavy atom. The molecule has 1 N–H and O–H groups in total. The molecule has 0 radical (unpaired) electrons. The van der Waals surface area contributed by atoms with Gasteiger partial charge in [-0.05, 0) is 29.3 Å². The second-order valence-corrected chi connectivity index (χ2v) is 7.44. The van der Waals surface area contributed by atoms with Crippen molar-refractivity contribution in [3.8, 4) is 5.75 Å². The van der Waals surface area contributed by atoms with Gasteiger partial charge in [0, 0.05) is 26.1 Å². The molecule has 0 aliphatic carbocycles. The van der Waals surface area contributed by atoms with Crippen LogP contribution in [0.4, 0.5) is 0 Å². The predicted molar refractivity (Wildman–Crippen MR) is 110 cm³/mol. The lowest BCUT2D eigenvalue weighted by molar-refractivity contribution is -0.130. The first-order valence-corrected chi connectivity index (χ1v) is 10.2. The van der Waals surface area contributed by atoms with Gasteiger partial charge in [0.1, 0.15) is 5.75 Å². The topological polar surface area (TPSA) is 77.1 Å². The van der Waals surface area contributed by atoms with E-state index in [-0.39, 0.29) is 11.9 Å². The third-order valence-corrected chi connectivity index (χ3v) is 5.64. The number of hydrogen-bond acceptors (Lipinski definition) is 6. The Bertz CT molecular complexity index is 893. The summed E-state index contributed by atoms with van der Waals surface area (Å²) in [4.78, 5) is 27.4. The van der Waals surface area contributed by atoms with Crippen LogP contribution < -0.4 is 10.1 Å². The van der Waals surface area contributed by atoms with Crippen LogP contribution in [-0.2, 0) is 20.7 Å². The van der Waals surface area contributed by atoms with Gasteiger partial charge in [-0.3, -0.25) is 9.69 Å². The molecule has 1 saturated heterocycles. The number of hydrogen-bond donors (Lipinski definition) is 1. The van der Waals surface area contributed by atoms with E-state index >= 15 is 0 Å². The van der Waals surface area contributed by atoms with Crippen molar-refractivity contribution in [2.75, 3.05) is 40.0 Å². The van der Waals surface area contributed by atoms with E-state index < -0.39 is 12.1 Å². The van der Waals surface area contributed by atoms with E-state index in [2.05, 4.69) is 10.2 Å². The Morgan fingerprint density at radius 1 is 1.17 bits per heavy atom. The molecule has 2 unspecified atom stereocenters. The minimum Gasteiger partial charge on any atom is -0.497 e. The molecule has 30 heavy (non-hydrogen) atoms. The van der Waals surface area contributed by atoms with E-state index in [1.165, 1.54) is 0 Å². The van der Waals surface area contributed by atoms with Gasteiger partial charge >= 0.3 is 5.97 Å². The first-order valence-electron chi connectivity index (χ1n) is 10.2.